The first kappa shape index (κ1) is 16.3. The first-order valence-corrected chi connectivity index (χ1v) is 8.93. The highest BCUT2D eigenvalue weighted by Gasteiger charge is 2.33. The van der Waals surface area contributed by atoms with Crippen LogP contribution in [0.4, 0.5) is 0 Å². The second-order valence-electron chi connectivity index (χ2n) is 8.13. The van der Waals surface area contributed by atoms with Crippen LogP contribution in [0.5, 0.6) is 0 Å². The molecule has 20 heavy (non-hydrogen) atoms. The molecule has 2 atom stereocenters. The van der Waals surface area contributed by atoms with Crippen LogP contribution in [0.15, 0.2) is 0 Å². The van der Waals surface area contributed by atoms with Crippen molar-refractivity contribution in [3.05, 3.63) is 0 Å². The lowest BCUT2D eigenvalue weighted by atomic mass is 9.75. The average Bonchev–Trinajstić information content (AvgIpc) is 2.38. The fraction of sp³-hybridized carbons (Fsp3) is 1.00. The molecular formula is C18H36N2. The lowest BCUT2D eigenvalue weighted by molar-refractivity contribution is 0.0602. The first-order chi connectivity index (χ1) is 9.52. The summed E-state index contributed by atoms with van der Waals surface area (Å²) >= 11 is 0. The number of likely N-dealkylation sites (tertiary alicyclic amines) is 1. The number of rotatable bonds is 2. The van der Waals surface area contributed by atoms with Gasteiger partial charge in [0, 0.05) is 12.1 Å². The third-order valence-electron chi connectivity index (χ3n) is 5.82. The molecule has 1 N–H and O–H groups in total. The number of likely N-dealkylation sites (N-methyl/N-ethyl adjacent to an activating group) is 1. The van der Waals surface area contributed by atoms with Crippen molar-refractivity contribution in [3.8, 4) is 0 Å². The number of nitrogens with one attached hydrogen (secondary N) is 1. The summed E-state index contributed by atoms with van der Waals surface area (Å²) in [6, 6.07) is 1.52. The summed E-state index contributed by atoms with van der Waals surface area (Å²) in [4.78, 5) is 2.81. The lowest BCUT2D eigenvalue weighted by Gasteiger charge is -2.44. The molecule has 0 radical (unpaired) electrons. The van der Waals surface area contributed by atoms with Crippen molar-refractivity contribution in [2.75, 3.05) is 20.1 Å². The topological polar surface area (TPSA) is 15.3 Å². The molecule has 2 unspecified atom stereocenters. The molecule has 1 saturated carbocycles. The Labute approximate surface area is 126 Å². The maximum atomic E-state index is 3.62. The molecule has 2 nitrogen and oxygen atoms in total. The molecular weight excluding hydrogens is 244 g/mol. The summed E-state index contributed by atoms with van der Waals surface area (Å²) in [5.41, 5.74) is 0.495. The minimum Gasteiger partial charge on any atom is -0.315 e. The quantitative estimate of drug-likeness (QED) is 0.821. The van der Waals surface area contributed by atoms with Crippen LogP contribution in [0, 0.1) is 11.3 Å². The Kier molecular flexibility index (Phi) is 5.92. The van der Waals surface area contributed by atoms with Gasteiger partial charge in [0.05, 0.1) is 0 Å². The van der Waals surface area contributed by atoms with Gasteiger partial charge in [-0.3, -0.25) is 4.90 Å². The summed E-state index contributed by atoms with van der Waals surface area (Å²) in [5.74, 6) is 0.917. The van der Waals surface area contributed by atoms with Gasteiger partial charge in [0.25, 0.3) is 0 Å². The standard InChI is InChI=1S/C18H36N2/c1-18(2,3)15-11-13-20(14-12-15)17-10-8-6-5-7-9-16(17)19-4/h15-17,19H,5-14H2,1-4H3. The van der Waals surface area contributed by atoms with Gasteiger partial charge >= 0.3 is 0 Å². The molecule has 0 amide bonds. The van der Waals surface area contributed by atoms with Gasteiger partial charge in [0.1, 0.15) is 0 Å². The molecule has 2 aliphatic rings. The van der Waals surface area contributed by atoms with Gasteiger partial charge in [-0.15, -0.1) is 0 Å². The van der Waals surface area contributed by atoms with Crippen LogP contribution in [0.3, 0.4) is 0 Å². The lowest BCUT2D eigenvalue weighted by Crippen LogP contribution is -2.52. The zero-order valence-electron chi connectivity index (χ0n) is 14.3. The SMILES string of the molecule is CNC1CCCCCCC1N1CCC(C(C)(C)C)CC1. The fourth-order valence-electron chi connectivity index (χ4n) is 4.34. The van der Waals surface area contributed by atoms with Crippen molar-refractivity contribution in [1.29, 1.82) is 0 Å². The summed E-state index contributed by atoms with van der Waals surface area (Å²) in [6.07, 6.45) is 11.3. The Morgan fingerprint density at radius 2 is 1.45 bits per heavy atom. The molecule has 2 rings (SSSR count). The third kappa shape index (κ3) is 4.21. The van der Waals surface area contributed by atoms with E-state index < -0.39 is 0 Å². The van der Waals surface area contributed by atoms with Crippen LogP contribution in [-0.2, 0) is 0 Å². The Balaban J connectivity index is 1.92. The zero-order valence-corrected chi connectivity index (χ0v) is 14.3. The molecule has 118 valence electrons. The molecule has 2 fully saturated rings. The van der Waals surface area contributed by atoms with E-state index in [0.29, 0.717) is 5.41 Å². The molecule has 2 heteroatoms. The molecule has 0 aromatic rings. The van der Waals surface area contributed by atoms with Gasteiger partial charge in [0.2, 0.25) is 0 Å². The van der Waals surface area contributed by atoms with E-state index in [1.54, 1.807) is 0 Å². The predicted octanol–water partition coefficient (Wildman–Crippen LogP) is 4.06. The van der Waals surface area contributed by atoms with Crippen molar-refractivity contribution < 1.29 is 0 Å². The Bertz CT molecular complexity index is 274. The maximum absolute atomic E-state index is 3.62. The van der Waals surface area contributed by atoms with Gasteiger partial charge in [-0.05, 0) is 57.2 Å². The predicted molar refractivity (Wildman–Crippen MR) is 88.1 cm³/mol. The average molecular weight is 281 g/mol. The van der Waals surface area contributed by atoms with E-state index in [-0.39, 0.29) is 0 Å². The van der Waals surface area contributed by atoms with Crippen molar-refractivity contribution in [3.63, 3.8) is 0 Å². The van der Waals surface area contributed by atoms with Gasteiger partial charge in [-0.25, -0.2) is 0 Å². The number of nitrogens with zero attached hydrogens (tertiary/aromatic N) is 1. The third-order valence-corrected chi connectivity index (χ3v) is 5.82. The molecule has 1 heterocycles. The molecule has 0 bridgehead atoms. The number of hydrogen-bond acceptors (Lipinski definition) is 2. The maximum Gasteiger partial charge on any atom is 0.0249 e. The monoisotopic (exact) mass is 280 g/mol. The van der Waals surface area contributed by atoms with Crippen LogP contribution in [0.2, 0.25) is 0 Å². The molecule has 1 aliphatic heterocycles. The van der Waals surface area contributed by atoms with Crippen LogP contribution in [0.1, 0.15) is 72.1 Å². The van der Waals surface area contributed by atoms with E-state index in [1.165, 1.54) is 64.5 Å². The normalized spacial score (nSPS) is 31.8. The summed E-state index contributed by atoms with van der Waals surface area (Å²) in [6.45, 7) is 9.90. The van der Waals surface area contributed by atoms with Gasteiger partial charge < -0.3 is 5.32 Å². The van der Waals surface area contributed by atoms with Crippen LogP contribution in [0.25, 0.3) is 0 Å². The fourth-order valence-corrected chi connectivity index (χ4v) is 4.34. The van der Waals surface area contributed by atoms with E-state index in [0.717, 1.165) is 18.0 Å². The summed E-state index contributed by atoms with van der Waals surface area (Å²) in [5, 5.41) is 3.62. The summed E-state index contributed by atoms with van der Waals surface area (Å²) < 4.78 is 0. The van der Waals surface area contributed by atoms with Crippen LogP contribution in [-0.4, -0.2) is 37.1 Å². The minimum absolute atomic E-state index is 0.495. The minimum atomic E-state index is 0.495. The van der Waals surface area contributed by atoms with E-state index in [4.69, 9.17) is 0 Å². The largest absolute Gasteiger partial charge is 0.315 e. The number of hydrogen-bond donors (Lipinski definition) is 1. The van der Waals surface area contributed by atoms with E-state index >= 15 is 0 Å². The Morgan fingerprint density at radius 1 is 0.850 bits per heavy atom. The highest BCUT2D eigenvalue weighted by atomic mass is 15.2. The van der Waals surface area contributed by atoms with E-state index in [2.05, 4.69) is 38.0 Å². The van der Waals surface area contributed by atoms with Crippen molar-refractivity contribution >= 4 is 0 Å². The number of piperidine rings is 1. The molecule has 0 spiro atoms. The van der Waals surface area contributed by atoms with Gasteiger partial charge in [0.15, 0.2) is 0 Å². The van der Waals surface area contributed by atoms with Crippen LogP contribution >= 0.6 is 0 Å². The van der Waals surface area contributed by atoms with Gasteiger partial charge in [-0.2, -0.15) is 0 Å². The highest BCUT2D eigenvalue weighted by Crippen LogP contribution is 2.35. The molecule has 1 saturated heterocycles. The summed E-state index contributed by atoms with van der Waals surface area (Å²) in [7, 11) is 2.17. The first-order valence-electron chi connectivity index (χ1n) is 8.93. The van der Waals surface area contributed by atoms with Crippen molar-refractivity contribution in [1.82, 2.24) is 10.2 Å². The molecule has 1 aliphatic carbocycles. The van der Waals surface area contributed by atoms with Gasteiger partial charge in [-0.1, -0.05) is 46.5 Å². The second kappa shape index (κ2) is 7.26. The van der Waals surface area contributed by atoms with E-state index in [9.17, 15) is 0 Å². The van der Waals surface area contributed by atoms with Crippen molar-refractivity contribution in [2.45, 2.75) is 84.2 Å². The van der Waals surface area contributed by atoms with Crippen molar-refractivity contribution in [2.24, 2.45) is 11.3 Å². The highest BCUT2D eigenvalue weighted by molar-refractivity contribution is 4.89. The smallest absolute Gasteiger partial charge is 0.0249 e. The van der Waals surface area contributed by atoms with Crippen LogP contribution < -0.4 is 5.32 Å². The zero-order chi connectivity index (χ0) is 14.6. The second-order valence-corrected chi connectivity index (χ2v) is 8.13. The Morgan fingerprint density at radius 3 is 2.00 bits per heavy atom. The Hall–Kier alpha value is -0.0800. The van der Waals surface area contributed by atoms with E-state index in [1.807, 2.05) is 0 Å². The molecule has 0 aromatic heterocycles. The molecule has 0 aromatic carbocycles.